The van der Waals surface area contributed by atoms with Crippen molar-refractivity contribution in [2.24, 2.45) is 0 Å². The highest BCUT2D eigenvalue weighted by molar-refractivity contribution is 6.31. The lowest BCUT2D eigenvalue weighted by atomic mass is 10.2. The van der Waals surface area contributed by atoms with Gasteiger partial charge in [0.15, 0.2) is 0 Å². The second-order valence-electron chi connectivity index (χ2n) is 5.32. The van der Waals surface area contributed by atoms with Gasteiger partial charge in [0, 0.05) is 16.9 Å². The molecule has 1 amide bonds. The maximum atomic E-state index is 12.3. The van der Waals surface area contributed by atoms with Crippen LogP contribution in [0.25, 0.3) is 0 Å². The summed E-state index contributed by atoms with van der Waals surface area (Å²) >= 11 is 5.93. The van der Waals surface area contributed by atoms with E-state index in [1.54, 1.807) is 30.3 Å². The van der Waals surface area contributed by atoms with Crippen LogP contribution in [-0.2, 0) is 4.79 Å². The van der Waals surface area contributed by atoms with Crippen LogP contribution in [0.1, 0.15) is 11.1 Å². The third kappa shape index (κ3) is 4.28. The number of halogens is 1. The van der Waals surface area contributed by atoms with Gasteiger partial charge in [-0.15, -0.1) is 0 Å². The minimum absolute atomic E-state index is 0.0747. The number of nitriles is 1. The summed E-state index contributed by atoms with van der Waals surface area (Å²) in [5.41, 5.74) is 9.41. The van der Waals surface area contributed by atoms with Gasteiger partial charge in [0.2, 0.25) is 0 Å². The largest absolute Gasteiger partial charge is 0.397 e. The van der Waals surface area contributed by atoms with Crippen LogP contribution >= 0.6 is 11.6 Å². The number of nitrogens with zero attached hydrogens (tertiary/aromatic N) is 1. The number of anilines is 3. The van der Waals surface area contributed by atoms with Crippen LogP contribution in [0.2, 0.25) is 5.02 Å². The van der Waals surface area contributed by atoms with Crippen molar-refractivity contribution in [1.29, 1.82) is 5.26 Å². The van der Waals surface area contributed by atoms with Crippen molar-refractivity contribution in [3.05, 3.63) is 64.3 Å². The number of nitrogens with two attached hydrogens (primary N) is 1. The predicted octanol–water partition coefficient (Wildman–Crippen LogP) is 4.00. The zero-order chi connectivity index (χ0) is 17.7. The fraction of sp³-hybridized carbons (Fsp3) is 0.111. The molecule has 0 atom stereocenters. The minimum atomic E-state index is -0.527. The molecule has 122 valence electrons. The zero-order valence-electron chi connectivity index (χ0n) is 13.4. The molecule has 0 unspecified atom stereocenters. The smallest absolute Gasteiger partial charge is 0.267 e. The number of carbonyl (C=O) groups excluding carboxylic acids is 1. The van der Waals surface area contributed by atoms with Crippen molar-refractivity contribution >= 4 is 34.6 Å². The molecule has 2 rings (SSSR count). The Morgan fingerprint density at radius 1 is 1.21 bits per heavy atom. The highest BCUT2D eigenvalue weighted by Crippen LogP contribution is 2.22. The summed E-state index contributed by atoms with van der Waals surface area (Å²) in [6.45, 7) is 3.77. The van der Waals surface area contributed by atoms with Crippen LogP contribution < -0.4 is 16.4 Å². The maximum absolute atomic E-state index is 12.3. The Kier molecular flexibility index (Phi) is 5.46. The first kappa shape index (κ1) is 17.4. The van der Waals surface area contributed by atoms with Gasteiger partial charge in [-0.3, -0.25) is 4.79 Å². The maximum Gasteiger partial charge on any atom is 0.267 e. The standard InChI is InChI=1S/C18H17ClN4O/c1-11-3-6-16(15(21)7-11)22-10-13(9-20)18(24)23-17-8-14(19)5-4-12(17)2/h3-8,10,22H,21H2,1-2H3,(H,23,24)/b13-10-. The molecule has 5 nitrogen and oxygen atoms in total. The van der Waals surface area contributed by atoms with Crippen molar-refractivity contribution < 1.29 is 4.79 Å². The van der Waals surface area contributed by atoms with E-state index in [1.807, 2.05) is 26.0 Å². The van der Waals surface area contributed by atoms with Gasteiger partial charge in [0.1, 0.15) is 11.6 Å². The van der Waals surface area contributed by atoms with E-state index >= 15 is 0 Å². The average Bonchev–Trinajstić information content (AvgIpc) is 2.53. The van der Waals surface area contributed by atoms with E-state index in [0.29, 0.717) is 22.1 Å². The van der Waals surface area contributed by atoms with Gasteiger partial charge in [0.05, 0.1) is 11.4 Å². The molecule has 0 spiro atoms. The molecule has 0 aromatic heterocycles. The van der Waals surface area contributed by atoms with E-state index < -0.39 is 5.91 Å². The number of hydrogen-bond acceptors (Lipinski definition) is 4. The van der Waals surface area contributed by atoms with Crippen LogP contribution in [0.4, 0.5) is 17.1 Å². The van der Waals surface area contributed by atoms with Gasteiger partial charge in [-0.2, -0.15) is 5.26 Å². The molecule has 2 aromatic carbocycles. The number of benzene rings is 2. The predicted molar refractivity (Wildman–Crippen MR) is 97.7 cm³/mol. The molecule has 0 bridgehead atoms. The molecular formula is C18H17ClN4O. The highest BCUT2D eigenvalue weighted by Gasteiger charge is 2.11. The normalized spacial score (nSPS) is 10.8. The molecule has 4 N–H and O–H groups in total. The minimum Gasteiger partial charge on any atom is -0.397 e. The average molecular weight is 341 g/mol. The third-order valence-electron chi connectivity index (χ3n) is 3.39. The van der Waals surface area contributed by atoms with Gasteiger partial charge >= 0.3 is 0 Å². The summed E-state index contributed by atoms with van der Waals surface area (Å²) in [6, 6.07) is 12.5. The summed E-state index contributed by atoms with van der Waals surface area (Å²) in [6.07, 6.45) is 1.33. The first-order valence-electron chi connectivity index (χ1n) is 7.21. The number of carbonyl (C=O) groups is 1. The Labute approximate surface area is 145 Å². The topological polar surface area (TPSA) is 90.9 Å². The number of hydrogen-bond donors (Lipinski definition) is 3. The van der Waals surface area contributed by atoms with E-state index in [2.05, 4.69) is 10.6 Å². The molecule has 0 fully saturated rings. The van der Waals surface area contributed by atoms with Gasteiger partial charge in [-0.05, 0) is 49.2 Å². The van der Waals surface area contributed by atoms with Crippen molar-refractivity contribution in [3.63, 3.8) is 0 Å². The summed E-state index contributed by atoms with van der Waals surface area (Å²) in [4.78, 5) is 12.3. The number of amides is 1. The zero-order valence-corrected chi connectivity index (χ0v) is 14.1. The summed E-state index contributed by atoms with van der Waals surface area (Å²) in [5, 5.41) is 15.3. The summed E-state index contributed by atoms with van der Waals surface area (Å²) in [7, 11) is 0. The monoisotopic (exact) mass is 340 g/mol. The lowest BCUT2D eigenvalue weighted by Gasteiger charge is -2.09. The molecule has 6 heteroatoms. The van der Waals surface area contributed by atoms with Crippen LogP contribution in [0.3, 0.4) is 0 Å². The van der Waals surface area contributed by atoms with Gasteiger partial charge in [-0.25, -0.2) is 0 Å². The molecule has 0 heterocycles. The van der Waals surface area contributed by atoms with E-state index in [-0.39, 0.29) is 5.57 Å². The number of rotatable bonds is 4. The lowest BCUT2D eigenvalue weighted by molar-refractivity contribution is -0.112. The van der Waals surface area contributed by atoms with Crippen LogP contribution in [0.15, 0.2) is 48.2 Å². The Morgan fingerprint density at radius 3 is 2.62 bits per heavy atom. The Bertz CT molecular complexity index is 853. The van der Waals surface area contributed by atoms with E-state index in [1.165, 1.54) is 6.20 Å². The fourth-order valence-corrected chi connectivity index (χ4v) is 2.20. The summed E-state index contributed by atoms with van der Waals surface area (Å²) in [5.74, 6) is -0.527. The van der Waals surface area contributed by atoms with Crippen molar-refractivity contribution in [2.75, 3.05) is 16.4 Å². The van der Waals surface area contributed by atoms with Crippen molar-refractivity contribution in [3.8, 4) is 6.07 Å². The second-order valence-corrected chi connectivity index (χ2v) is 5.75. The van der Waals surface area contributed by atoms with Crippen LogP contribution in [-0.4, -0.2) is 5.91 Å². The lowest BCUT2D eigenvalue weighted by Crippen LogP contribution is -2.15. The molecule has 0 radical (unpaired) electrons. The molecule has 0 aliphatic heterocycles. The molecule has 24 heavy (non-hydrogen) atoms. The summed E-state index contributed by atoms with van der Waals surface area (Å²) < 4.78 is 0. The van der Waals surface area contributed by atoms with E-state index in [0.717, 1.165) is 11.1 Å². The Morgan fingerprint density at radius 2 is 1.96 bits per heavy atom. The van der Waals surface area contributed by atoms with Crippen molar-refractivity contribution in [1.82, 2.24) is 0 Å². The first-order chi connectivity index (χ1) is 11.4. The first-order valence-corrected chi connectivity index (χ1v) is 7.59. The number of nitrogens with one attached hydrogen (secondary N) is 2. The molecular weight excluding hydrogens is 324 g/mol. The van der Waals surface area contributed by atoms with Crippen LogP contribution in [0.5, 0.6) is 0 Å². The van der Waals surface area contributed by atoms with E-state index in [9.17, 15) is 10.1 Å². The quantitative estimate of drug-likeness (QED) is 0.445. The number of aryl methyl sites for hydroxylation is 2. The Balaban J connectivity index is 2.16. The van der Waals surface area contributed by atoms with Gasteiger partial charge in [0.25, 0.3) is 5.91 Å². The van der Waals surface area contributed by atoms with Gasteiger partial charge in [-0.1, -0.05) is 23.7 Å². The molecule has 0 saturated carbocycles. The third-order valence-corrected chi connectivity index (χ3v) is 3.63. The second kappa shape index (κ2) is 7.53. The molecule has 2 aromatic rings. The van der Waals surface area contributed by atoms with Gasteiger partial charge < -0.3 is 16.4 Å². The fourth-order valence-electron chi connectivity index (χ4n) is 2.03. The highest BCUT2D eigenvalue weighted by atomic mass is 35.5. The van der Waals surface area contributed by atoms with Crippen molar-refractivity contribution in [2.45, 2.75) is 13.8 Å². The SMILES string of the molecule is Cc1ccc(N/C=C(/C#N)C(=O)Nc2cc(Cl)ccc2C)c(N)c1. The molecule has 0 aliphatic carbocycles. The number of nitrogen functional groups attached to an aromatic ring is 1. The van der Waals surface area contributed by atoms with E-state index in [4.69, 9.17) is 17.3 Å². The van der Waals surface area contributed by atoms with Crippen LogP contribution in [0, 0.1) is 25.2 Å². The molecule has 0 aliphatic rings. The Hall–Kier alpha value is -2.97. The molecule has 0 saturated heterocycles.